The second-order valence-electron chi connectivity index (χ2n) is 1.98. The Labute approximate surface area is 66.4 Å². The lowest BCUT2D eigenvalue weighted by Gasteiger charge is -2.15. The van der Waals surface area contributed by atoms with Gasteiger partial charge in [0.2, 0.25) is 0 Å². The van der Waals surface area contributed by atoms with Crippen molar-refractivity contribution < 1.29 is 0 Å². The number of hydrazone groups is 1. The van der Waals surface area contributed by atoms with E-state index in [1.165, 1.54) is 0 Å². The van der Waals surface area contributed by atoms with Crippen molar-refractivity contribution in [2.75, 3.05) is 0 Å². The van der Waals surface area contributed by atoms with E-state index in [1.807, 2.05) is 32.2 Å². The summed E-state index contributed by atoms with van der Waals surface area (Å²) in [6.45, 7) is 3.81. The van der Waals surface area contributed by atoms with Gasteiger partial charge in [0.05, 0.1) is 0 Å². The molecule has 0 unspecified atom stereocenters. The van der Waals surface area contributed by atoms with Gasteiger partial charge in [0.15, 0.2) is 0 Å². The Hall–Kier alpha value is -1.38. The Bertz CT molecular complexity index is 236. The summed E-state index contributed by atoms with van der Waals surface area (Å²) in [6.07, 6.45) is 9.10. The van der Waals surface area contributed by atoms with Crippen molar-refractivity contribution in [3.05, 3.63) is 24.2 Å². The highest BCUT2D eigenvalue weighted by molar-refractivity contribution is 5.73. The van der Waals surface area contributed by atoms with E-state index in [1.54, 1.807) is 17.4 Å². The van der Waals surface area contributed by atoms with E-state index in [0.29, 0.717) is 0 Å². The summed E-state index contributed by atoms with van der Waals surface area (Å²) >= 11 is 0. The van der Waals surface area contributed by atoms with Gasteiger partial charge in [-0.25, -0.2) is 10.0 Å². The van der Waals surface area contributed by atoms with E-state index in [-0.39, 0.29) is 0 Å². The van der Waals surface area contributed by atoms with Crippen LogP contribution in [0.4, 0.5) is 0 Å². The third-order valence-electron chi connectivity index (χ3n) is 1.25. The fourth-order valence-electron chi connectivity index (χ4n) is 0.804. The number of nitrogens with zero attached hydrogens (tertiary/aromatic N) is 3. The van der Waals surface area contributed by atoms with Crippen molar-refractivity contribution in [3.63, 3.8) is 0 Å². The van der Waals surface area contributed by atoms with E-state index >= 15 is 0 Å². The molecule has 58 valence electrons. The zero-order chi connectivity index (χ0) is 8.10. The minimum Gasteiger partial charge on any atom is -0.237 e. The van der Waals surface area contributed by atoms with E-state index in [2.05, 4.69) is 10.1 Å². The smallest absolute Gasteiger partial charge is 0.148 e. The van der Waals surface area contributed by atoms with Gasteiger partial charge in [-0.1, -0.05) is 0 Å². The molecule has 3 nitrogen and oxygen atoms in total. The number of allylic oxidation sites excluding steroid dienone is 2. The largest absolute Gasteiger partial charge is 0.237 e. The molecule has 0 bridgehead atoms. The molecule has 0 saturated heterocycles. The predicted octanol–water partition coefficient (Wildman–Crippen LogP) is 1.75. The fraction of sp³-hybridized carbons (Fsp3) is 0.250. The van der Waals surface area contributed by atoms with Crippen LogP contribution < -0.4 is 0 Å². The van der Waals surface area contributed by atoms with Gasteiger partial charge in [-0.3, -0.25) is 0 Å². The van der Waals surface area contributed by atoms with E-state index in [4.69, 9.17) is 0 Å². The SMILES string of the molecule is C/C=N\N1C=CC=N/C1=C/C. The van der Waals surface area contributed by atoms with Crippen LogP contribution in [0.1, 0.15) is 13.8 Å². The molecule has 1 aliphatic heterocycles. The van der Waals surface area contributed by atoms with Crippen LogP contribution in [0.5, 0.6) is 0 Å². The first kappa shape index (κ1) is 7.72. The van der Waals surface area contributed by atoms with Crippen LogP contribution in [0, 0.1) is 0 Å². The van der Waals surface area contributed by atoms with E-state index in [9.17, 15) is 0 Å². The van der Waals surface area contributed by atoms with Crippen molar-refractivity contribution >= 4 is 12.4 Å². The minimum absolute atomic E-state index is 0.852. The molecule has 0 amide bonds. The Morgan fingerprint density at radius 1 is 1.55 bits per heavy atom. The van der Waals surface area contributed by atoms with Gasteiger partial charge >= 0.3 is 0 Å². The lowest BCUT2D eigenvalue weighted by Crippen LogP contribution is -2.10. The molecule has 0 spiro atoms. The number of aliphatic imine (C=N–C) groups is 1. The van der Waals surface area contributed by atoms with Crippen LogP contribution in [0.3, 0.4) is 0 Å². The minimum atomic E-state index is 0.852. The maximum Gasteiger partial charge on any atom is 0.148 e. The summed E-state index contributed by atoms with van der Waals surface area (Å²) in [5, 5.41) is 5.80. The molecule has 0 aliphatic carbocycles. The summed E-state index contributed by atoms with van der Waals surface area (Å²) in [7, 11) is 0. The normalized spacial score (nSPS) is 20.5. The number of rotatable bonds is 1. The molecule has 0 saturated carbocycles. The highest BCUT2D eigenvalue weighted by Gasteiger charge is 2.02. The first-order chi connectivity index (χ1) is 5.38. The van der Waals surface area contributed by atoms with Gasteiger partial charge in [-0.15, -0.1) is 0 Å². The average molecular weight is 149 g/mol. The van der Waals surface area contributed by atoms with Gasteiger partial charge < -0.3 is 0 Å². The molecular formula is C8H11N3. The highest BCUT2D eigenvalue weighted by Crippen LogP contribution is 2.09. The summed E-state index contributed by atoms with van der Waals surface area (Å²) in [5.74, 6) is 0.852. The molecule has 3 heteroatoms. The van der Waals surface area contributed by atoms with Crippen LogP contribution in [0.25, 0.3) is 0 Å². The van der Waals surface area contributed by atoms with E-state index < -0.39 is 0 Å². The lowest BCUT2D eigenvalue weighted by molar-refractivity contribution is 0.491. The average Bonchev–Trinajstić information content (AvgIpc) is 2.06. The van der Waals surface area contributed by atoms with Crippen LogP contribution in [-0.4, -0.2) is 17.4 Å². The quantitative estimate of drug-likeness (QED) is 0.522. The second-order valence-corrected chi connectivity index (χ2v) is 1.98. The molecule has 0 aromatic heterocycles. The molecule has 0 fully saturated rings. The standard InChI is InChI=1S/C8H11N3/c1-3-8-9-6-5-7-11(8)10-4-2/h3-7H,1-2H3/b8-3-,10-4-. The lowest BCUT2D eigenvalue weighted by atomic mass is 10.5. The van der Waals surface area contributed by atoms with Gasteiger partial charge in [0, 0.05) is 18.6 Å². The Balaban J connectivity index is 2.79. The maximum atomic E-state index is 4.11. The monoisotopic (exact) mass is 149 g/mol. The summed E-state index contributed by atoms with van der Waals surface area (Å²) in [4.78, 5) is 4.11. The third kappa shape index (κ3) is 1.77. The maximum absolute atomic E-state index is 4.11. The van der Waals surface area contributed by atoms with E-state index in [0.717, 1.165) is 5.82 Å². The highest BCUT2D eigenvalue weighted by atomic mass is 15.5. The van der Waals surface area contributed by atoms with Crippen molar-refractivity contribution in [2.24, 2.45) is 10.1 Å². The van der Waals surface area contributed by atoms with Crippen LogP contribution in [-0.2, 0) is 0 Å². The molecule has 0 aromatic carbocycles. The predicted molar refractivity (Wildman–Crippen MR) is 47.4 cm³/mol. The molecule has 0 aromatic rings. The Morgan fingerprint density at radius 3 is 3.00 bits per heavy atom. The summed E-state index contributed by atoms with van der Waals surface area (Å²) in [5.41, 5.74) is 0. The summed E-state index contributed by atoms with van der Waals surface area (Å²) in [6, 6.07) is 0. The zero-order valence-corrected chi connectivity index (χ0v) is 6.73. The summed E-state index contributed by atoms with van der Waals surface area (Å²) < 4.78 is 0. The Kier molecular flexibility index (Phi) is 2.60. The van der Waals surface area contributed by atoms with Crippen molar-refractivity contribution in [1.29, 1.82) is 0 Å². The first-order valence-electron chi connectivity index (χ1n) is 3.53. The van der Waals surface area contributed by atoms with Crippen molar-refractivity contribution in [3.8, 4) is 0 Å². The molecule has 11 heavy (non-hydrogen) atoms. The third-order valence-corrected chi connectivity index (χ3v) is 1.25. The van der Waals surface area contributed by atoms with Gasteiger partial charge in [-0.2, -0.15) is 5.10 Å². The first-order valence-corrected chi connectivity index (χ1v) is 3.53. The van der Waals surface area contributed by atoms with Crippen molar-refractivity contribution in [1.82, 2.24) is 5.01 Å². The van der Waals surface area contributed by atoms with Crippen LogP contribution in [0.2, 0.25) is 0 Å². The van der Waals surface area contributed by atoms with Crippen LogP contribution in [0.15, 0.2) is 34.3 Å². The molecule has 0 N–H and O–H groups in total. The molecule has 0 radical (unpaired) electrons. The molecular weight excluding hydrogens is 138 g/mol. The van der Waals surface area contributed by atoms with Crippen LogP contribution >= 0.6 is 0 Å². The molecule has 1 aliphatic rings. The molecule has 1 heterocycles. The Morgan fingerprint density at radius 2 is 2.36 bits per heavy atom. The van der Waals surface area contributed by atoms with Gasteiger partial charge in [0.1, 0.15) is 5.82 Å². The number of hydrogen-bond acceptors (Lipinski definition) is 3. The second kappa shape index (κ2) is 3.71. The molecule has 0 atom stereocenters. The zero-order valence-electron chi connectivity index (χ0n) is 6.73. The topological polar surface area (TPSA) is 28.0 Å². The van der Waals surface area contributed by atoms with Gasteiger partial charge in [-0.05, 0) is 26.0 Å². The number of hydrogen-bond donors (Lipinski definition) is 0. The van der Waals surface area contributed by atoms with Gasteiger partial charge in [0.25, 0.3) is 0 Å². The van der Waals surface area contributed by atoms with Crippen molar-refractivity contribution in [2.45, 2.75) is 13.8 Å². The molecule has 1 rings (SSSR count). The fourth-order valence-corrected chi connectivity index (χ4v) is 0.804.